The van der Waals surface area contributed by atoms with Crippen molar-refractivity contribution in [2.45, 2.75) is 38.5 Å². The molecule has 0 spiro atoms. The Hall–Kier alpha value is -2.35. The number of hydrogen-bond donors (Lipinski definition) is 1. The van der Waals surface area contributed by atoms with Gasteiger partial charge in [-0.3, -0.25) is 9.10 Å². The van der Waals surface area contributed by atoms with Gasteiger partial charge < -0.3 is 9.84 Å². The quantitative estimate of drug-likeness (QED) is 0.887. The molecule has 26 heavy (non-hydrogen) atoms. The number of aromatic nitrogens is 1. The summed E-state index contributed by atoms with van der Waals surface area (Å²) in [7, 11) is -3.32. The normalized spacial score (nSPS) is 17.1. The van der Waals surface area contributed by atoms with E-state index in [9.17, 15) is 13.2 Å². The van der Waals surface area contributed by atoms with Crippen LogP contribution in [-0.4, -0.2) is 32.3 Å². The Balaban J connectivity index is 1.61. The summed E-state index contributed by atoms with van der Waals surface area (Å²) in [6.07, 6.45) is 4.80. The maximum atomic E-state index is 12.7. The Bertz CT molecular complexity index is 976. The van der Waals surface area contributed by atoms with Crippen molar-refractivity contribution in [3.8, 4) is 0 Å². The number of nitrogens with one attached hydrogen (secondary N) is 1. The number of benzene rings is 1. The Kier molecular flexibility index (Phi) is 4.02. The van der Waals surface area contributed by atoms with Crippen molar-refractivity contribution in [3.63, 3.8) is 0 Å². The van der Waals surface area contributed by atoms with Crippen molar-refractivity contribution in [1.82, 2.24) is 5.16 Å². The number of rotatable bonds is 4. The van der Waals surface area contributed by atoms with Gasteiger partial charge in [0.25, 0.3) is 5.91 Å². The average molecular weight is 375 g/mol. The highest BCUT2D eigenvalue weighted by Gasteiger charge is 2.32. The minimum atomic E-state index is -3.32. The Labute approximate surface area is 152 Å². The van der Waals surface area contributed by atoms with E-state index in [0.29, 0.717) is 35.1 Å². The molecule has 1 fully saturated rings. The Morgan fingerprint density at radius 2 is 2.12 bits per heavy atom. The van der Waals surface area contributed by atoms with E-state index in [4.69, 9.17) is 4.52 Å². The third kappa shape index (κ3) is 3.09. The molecular weight excluding hydrogens is 354 g/mol. The van der Waals surface area contributed by atoms with Gasteiger partial charge in [0.2, 0.25) is 10.0 Å². The minimum absolute atomic E-state index is 0.238. The van der Waals surface area contributed by atoms with E-state index in [2.05, 4.69) is 10.5 Å². The first-order valence-corrected chi connectivity index (χ1v) is 10.6. The molecule has 1 saturated carbocycles. The Morgan fingerprint density at radius 3 is 2.81 bits per heavy atom. The smallest absolute Gasteiger partial charge is 0.255 e. The van der Waals surface area contributed by atoms with Crippen LogP contribution < -0.4 is 9.62 Å². The van der Waals surface area contributed by atoms with E-state index in [1.807, 2.05) is 6.92 Å². The molecule has 8 heteroatoms. The molecule has 2 aliphatic rings. The second-order valence-electron chi connectivity index (χ2n) is 7.02. The number of carbonyl (C=O) groups is 1. The van der Waals surface area contributed by atoms with Gasteiger partial charge in [-0.25, -0.2) is 8.42 Å². The molecule has 1 aliphatic carbocycles. The van der Waals surface area contributed by atoms with Gasteiger partial charge in [0.05, 0.1) is 11.9 Å². The van der Waals surface area contributed by atoms with E-state index >= 15 is 0 Å². The molecule has 1 aliphatic heterocycles. The molecule has 1 aromatic heterocycles. The zero-order valence-corrected chi connectivity index (χ0v) is 15.6. The fourth-order valence-electron chi connectivity index (χ4n) is 3.40. The summed E-state index contributed by atoms with van der Waals surface area (Å²) in [5, 5.41) is 6.89. The molecule has 138 valence electrons. The van der Waals surface area contributed by atoms with Gasteiger partial charge in [0.15, 0.2) is 5.76 Å². The lowest BCUT2D eigenvalue weighted by Gasteiger charge is -2.29. The molecule has 7 nitrogen and oxygen atoms in total. The van der Waals surface area contributed by atoms with Gasteiger partial charge in [-0.2, -0.15) is 0 Å². The number of aryl methyl sites for hydroxylation is 2. The monoisotopic (exact) mass is 375 g/mol. The standard InChI is InChI=1S/C18H21N3O4S/c1-11-16(17(25-20-11)12-5-6-12)19-18(22)14-7-8-15-13(10-14)4-3-9-21(15)26(2,23)24/h7-8,10,12H,3-6,9H2,1-2H3,(H,19,22). The van der Waals surface area contributed by atoms with Crippen molar-refractivity contribution in [2.75, 3.05) is 22.4 Å². The van der Waals surface area contributed by atoms with Gasteiger partial charge in [-0.1, -0.05) is 5.16 Å². The molecule has 2 aromatic rings. The summed E-state index contributed by atoms with van der Waals surface area (Å²) in [5.41, 5.74) is 3.37. The number of carbonyl (C=O) groups excluding carboxylic acids is 1. The lowest BCUT2D eigenvalue weighted by atomic mass is 10.0. The highest BCUT2D eigenvalue weighted by atomic mass is 32.2. The SMILES string of the molecule is Cc1noc(C2CC2)c1NC(=O)c1ccc2c(c1)CCCN2S(C)(=O)=O. The van der Waals surface area contributed by atoms with Crippen LogP contribution in [-0.2, 0) is 16.4 Å². The van der Waals surface area contributed by atoms with Crippen molar-refractivity contribution in [3.05, 3.63) is 40.8 Å². The van der Waals surface area contributed by atoms with Gasteiger partial charge in [0, 0.05) is 18.0 Å². The van der Waals surface area contributed by atoms with Crippen LogP contribution in [0.25, 0.3) is 0 Å². The second-order valence-corrected chi connectivity index (χ2v) is 8.92. The minimum Gasteiger partial charge on any atom is -0.359 e. The van der Waals surface area contributed by atoms with E-state index in [-0.39, 0.29) is 5.91 Å². The average Bonchev–Trinajstić information content (AvgIpc) is 3.38. The summed E-state index contributed by atoms with van der Waals surface area (Å²) >= 11 is 0. The summed E-state index contributed by atoms with van der Waals surface area (Å²) in [5.74, 6) is 0.855. The van der Waals surface area contributed by atoms with Crippen LogP contribution in [0.5, 0.6) is 0 Å². The van der Waals surface area contributed by atoms with E-state index < -0.39 is 10.0 Å². The zero-order valence-electron chi connectivity index (χ0n) is 14.8. The summed E-state index contributed by atoms with van der Waals surface area (Å²) in [6, 6.07) is 5.16. The molecule has 1 N–H and O–H groups in total. The number of hydrogen-bond acceptors (Lipinski definition) is 5. The van der Waals surface area contributed by atoms with E-state index in [1.165, 1.54) is 10.6 Å². The first-order valence-electron chi connectivity index (χ1n) is 8.73. The third-order valence-corrected chi connectivity index (χ3v) is 6.07. The molecule has 0 atom stereocenters. The predicted octanol–water partition coefficient (Wildman–Crippen LogP) is 2.82. The second kappa shape index (κ2) is 6.12. The van der Waals surface area contributed by atoms with Crippen LogP contribution >= 0.6 is 0 Å². The van der Waals surface area contributed by atoms with Crippen LogP contribution in [0.15, 0.2) is 22.7 Å². The largest absolute Gasteiger partial charge is 0.359 e. The molecule has 0 bridgehead atoms. The van der Waals surface area contributed by atoms with Crippen molar-refractivity contribution in [1.29, 1.82) is 0 Å². The van der Waals surface area contributed by atoms with Crippen LogP contribution in [0.3, 0.4) is 0 Å². The topological polar surface area (TPSA) is 92.5 Å². The number of nitrogens with zero attached hydrogens (tertiary/aromatic N) is 2. The maximum absolute atomic E-state index is 12.7. The molecule has 1 aromatic carbocycles. The first kappa shape index (κ1) is 17.1. The van der Waals surface area contributed by atoms with Gasteiger partial charge in [0.1, 0.15) is 11.4 Å². The summed E-state index contributed by atoms with van der Waals surface area (Å²) in [4.78, 5) is 12.7. The predicted molar refractivity (Wildman–Crippen MR) is 98.1 cm³/mol. The maximum Gasteiger partial charge on any atom is 0.255 e. The third-order valence-electron chi connectivity index (χ3n) is 4.89. The molecule has 0 saturated heterocycles. The van der Waals surface area contributed by atoms with Crippen LogP contribution in [0.2, 0.25) is 0 Å². The lowest BCUT2D eigenvalue weighted by Crippen LogP contribution is -2.34. The van der Waals surface area contributed by atoms with Crippen molar-refractivity contribution >= 4 is 27.3 Å². The van der Waals surface area contributed by atoms with Crippen molar-refractivity contribution in [2.24, 2.45) is 0 Å². The highest BCUT2D eigenvalue weighted by molar-refractivity contribution is 7.92. The zero-order chi connectivity index (χ0) is 18.5. The number of sulfonamides is 1. The number of fused-ring (bicyclic) bond motifs is 1. The molecule has 2 heterocycles. The van der Waals surface area contributed by atoms with Gasteiger partial charge >= 0.3 is 0 Å². The van der Waals surface area contributed by atoms with Gasteiger partial charge in [-0.05, 0) is 56.4 Å². The van der Waals surface area contributed by atoms with Gasteiger partial charge in [-0.15, -0.1) is 0 Å². The molecule has 0 unspecified atom stereocenters. The summed E-state index contributed by atoms with van der Waals surface area (Å²) < 4.78 is 30.7. The summed E-state index contributed by atoms with van der Waals surface area (Å²) in [6.45, 7) is 2.28. The Morgan fingerprint density at radius 1 is 1.35 bits per heavy atom. The lowest BCUT2D eigenvalue weighted by molar-refractivity contribution is 0.102. The van der Waals surface area contributed by atoms with Crippen molar-refractivity contribution < 1.29 is 17.7 Å². The number of amides is 1. The van der Waals surface area contributed by atoms with E-state index in [1.54, 1.807) is 18.2 Å². The molecule has 1 amide bonds. The van der Waals surface area contributed by atoms with Crippen LogP contribution in [0, 0.1) is 6.92 Å². The fraction of sp³-hybridized carbons (Fsp3) is 0.444. The fourth-order valence-corrected chi connectivity index (χ4v) is 4.39. The molecule has 4 rings (SSSR count). The molecule has 0 radical (unpaired) electrons. The molecular formula is C18H21N3O4S. The van der Waals surface area contributed by atoms with Crippen LogP contribution in [0.1, 0.15) is 52.6 Å². The number of anilines is 2. The highest BCUT2D eigenvalue weighted by Crippen LogP contribution is 2.44. The first-order chi connectivity index (χ1) is 12.3. The van der Waals surface area contributed by atoms with Crippen LogP contribution in [0.4, 0.5) is 11.4 Å². The van der Waals surface area contributed by atoms with E-state index in [0.717, 1.165) is 37.0 Å².